The maximum Gasteiger partial charge on any atom is 0.331 e. The first-order valence-corrected chi connectivity index (χ1v) is 14.4. The molecule has 0 aliphatic carbocycles. The van der Waals surface area contributed by atoms with Crippen LogP contribution in [0.2, 0.25) is 0 Å². The normalized spacial score (nSPS) is 40.9. The second-order valence-corrected chi connectivity index (χ2v) is 11.0. The fraction of sp³-hybridized carbons (Fsp3) is 0.679. The predicted molar refractivity (Wildman–Crippen MR) is 149 cm³/mol. The number of hydrogen-bond donors (Lipinski definition) is 11. The Kier molecular flexibility index (Phi) is 12.5. The van der Waals surface area contributed by atoms with E-state index in [9.17, 15) is 61.0 Å². The highest BCUT2D eigenvalue weighted by molar-refractivity contribution is 5.87. The van der Waals surface area contributed by atoms with Crippen LogP contribution in [-0.2, 0) is 33.2 Å². The van der Waals surface area contributed by atoms with Gasteiger partial charge in [0.2, 0.25) is 5.79 Å². The fourth-order valence-corrected chi connectivity index (χ4v) is 5.39. The van der Waals surface area contributed by atoms with Gasteiger partial charge in [-0.2, -0.15) is 0 Å². The van der Waals surface area contributed by atoms with Crippen molar-refractivity contribution in [1.29, 1.82) is 0 Å². The van der Waals surface area contributed by atoms with E-state index in [-0.39, 0.29) is 11.5 Å². The van der Waals surface area contributed by atoms with E-state index in [1.54, 1.807) is 0 Å². The summed E-state index contributed by atoms with van der Waals surface area (Å²) >= 11 is 0. The first-order chi connectivity index (χ1) is 22.3. The number of ether oxygens (including phenoxy) is 7. The highest BCUT2D eigenvalue weighted by Crippen LogP contribution is 2.39. The van der Waals surface area contributed by atoms with Gasteiger partial charge in [0, 0.05) is 6.08 Å². The number of benzene rings is 1. The van der Waals surface area contributed by atoms with Crippen LogP contribution in [0.15, 0.2) is 24.3 Å². The van der Waals surface area contributed by atoms with Crippen molar-refractivity contribution in [3.05, 3.63) is 29.8 Å². The van der Waals surface area contributed by atoms with Crippen molar-refractivity contribution in [1.82, 2.24) is 0 Å². The zero-order valence-corrected chi connectivity index (χ0v) is 24.9. The number of phenols is 1. The van der Waals surface area contributed by atoms with Crippen molar-refractivity contribution in [2.45, 2.75) is 85.5 Å². The summed E-state index contributed by atoms with van der Waals surface area (Å²) < 4.78 is 37.9. The first-order valence-electron chi connectivity index (χ1n) is 14.4. The predicted octanol–water partition coefficient (Wildman–Crippen LogP) is -5.59. The summed E-state index contributed by atoms with van der Waals surface area (Å²) in [6.45, 7) is -3.69. The maximum absolute atomic E-state index is 12.8. The van der Waals surface area contributed by atoms with Crippen molar-refractivity contribution < 1.29 is 94.1 Å². The molecule has 47 heavy (non-hydrogen) atoms. The number of phenolic OH excluding ortho intramolecular Hbond substituents is 1. The molecular formula is C28H40O19. The molecule has 1 aromatic rings. The van der Waals surface area contributed by atoms with Gasteiger partial charge in [0.15, 0.2) is 30.2 Å². The third-order valence-electron chi connectivity index (χ3n) is 8.01. The second kappa shape index (κ2) is 15.8. The summed E-state index contributed by atoms with van der Waals surface area (Å²) in [4.78, 5) is 12.8. The number of aliphatic hydroxyl groups is 10. The second-order valence-electron chi connectivity index (χ2n) is 11.0. The highest BCUT2D eigenvalue weighted by atomic mass is 16.8. The van der Waals surface area contributed by atoms with Crippen LogP contribution in [-0.4, -0.2) is 181 Å². The monoisotopic (exact) mass is 680 g/mol. The Balaban J connectivity index is 1.51. The van der Waals surface area contributed by atoms with Crippen LogP contribution < -0.4 is 4.74 Å². The molecule has 14 atom stereocenters. The lowest BCUT2D eigenvalue weighted by Gasteiger charge is -2.47. The van der Waals surface area contributed by atoms with Crippen LogP contribution in [0.5, 0.6) is 11.5 Å². The Hall–Kier alpha value is -2.57. The molecule has 0 amide bonds. The molecule has 3 aliphatic heterocycles. The summed E-state index contributed by atoms with van der Waals surface area (Å²) in [5, 5.41) is 112. The van der Waals surface area contributed by atoms with Gasteiger partial charge in [-0.25, -0.2) is 4.79 Å². The van der Waals surface area contributed by atoms with Crippen LogP contribution >= 0.6 is 0 Å². The van der Waals surface area contributed by atoms with Crippen LogP contribution in [0.25, 0.3) is 6.08 Å². The molecule has 3 heterocycles. The van der Waals surface area contributed by atoms with Crippen molar-refractivity contribution in [2.24, 2.45) is 0 Å². The molecule has 0 saturated carbocycles. The van der Waals surface area contributed by atoms with Gasteiger partial charge >= 0.3 is 5.97 Å². The van der Waals surface area contributed by atoms with E-state index in [0.717, 1.165) is 6.08 Å². The van der Waals surface area contributed by atoms with Gasteiger partial charge in [-0.05, 0) is 23.8 Å². The molecule has 4 rings (SSSR count). The molecule has 0 radical (unpaired) electrons. The standard InChI is InChI=1S/C28H40O19/c1-41-13-6-11(2-4-12(13)33)3-5-17(34)44-25-19(36)15(8-30)46-28(25,10-32)47-27-23(40)21(38)24(16(9-31)43-27)45-26-22(39)20(37)18(35)14(7-29)42-26/h2-6,14-16,18-27,29-33,35-40H,7-10H2,1H3/t14-,15-,16-,18-,19-,20+,21-,22-,23-,24-,25+,26+,27-,28+/m1/s1. The van der Waals surface area contributed by atoms with Crippen LogP contribution in [0.3, 0.4) is 0 Å². The lowest BCUT2D eigenvalue weighted by molar-refractivity contribution is -0.398. The van der Waals surface area contributed by atoms with E-state index in [0.29, 0.717) is 5.56 Å². The topological polar surface area (TPSA) is 304 Å². The lowest BCUT2D eigenvalue weighted by atomic mass is 9.96. The number of carbonyl (C=O) groups is 1. The summed E-state index contributed by atoms with van der Waals surface area (Å²) in [6, 6.07) is 4.18. The fourth-order valence-electron chi connectivity index (χ4n) is 5.39. The number of rotatable bonds is 12. The van der Waals surface area contributed by atoms with Gasteiger partial charge in [-0.15, -0.1) is 0 Å². The molecule has 0 spiro atoms. The number of carbonyl (C=O) groups excluding carboxylic acids is 1. The van der Waals surface area contributed by atoms with Gasteiger partial charge in [0.1, 0.15) is 67.6 Å². The third kappa shape index (κ3) is 7.69. The number of hydrogen-bond acceptors (Lipinski definition) is 19. The van der Waals surface area contributed by atoms with E-state index in [1.165, 1.54) is 31.4 Å². The quantitative estimate of drug-likeness (QED) is 0.0724. The van der Waals surface area contributed by atoms with Crippen molar-refractivity contribution in [3.8, 4) is 11.5 Å². The Labute approximate surface area is 266 Å². The van der Waals surface area contributed by atoms with Crippen LogP contribution in [0.1, 0.15) is 5.56 Å². The average molecular weight is 681 g/mol. The zero-order valence-electron chi connectivity index (χ0n) is 24.9. The smallest absolute Gasteiger partial charge is 0.331 e. The molecule has 3 saturated heterocycles. The Bertz CT molecular complexity index is 1210. The van der Waals surface area contributed by atoms with E-state index >= 15 is 0 Å². The van der Waals surface area contributed by atoms with E-state index in [4.69, 9.17) is 33.2 Å². The number of aliphatic hydroxyl groups excluding tert-OH is 10. The van der Waals surface area contributed by atoms with Crippen molar-refractivity contribution >= 4 is 12.0 Å². The largest absolute Gasteiger partial charge is 0.504 e. The molecule has 0 aromatic heterocycles. The summed E-state index contributed by atoms with van der Waals surface area (Å²) in [5.41, 5.74) is 0.404. The number of esters is 1. The maximum atomic E-state index is 12.8. The molecule has 3 aliphatic rings. The minimum absolute atomic E-state index is 0.119. The molecule has 0 bridgehead atoms. The van der Waals surface area contributed by atoms with Gasteiger partial charge in [0.05, 0.1) is 26.9 Å². The molecule has 11 N–H and O–H groups in total. The van der Waals surface area contributed by atoms with Gasteiger partial charge in [-0.1, -0.05) is 6.07 Å². The summed E-state index contributed by atoms with van der Waals surface area (Å²) in [6.07, 6.45) is -20.8. The minimum Gasteiger partial charge on any atom is -0.504 e. The van der Waals surface area contributed by atoms with Gasteiger partial charge < -0.3 is 89.3 Å². The van der Waals surface area contributed by atoms with E-state index in [1.807, 2.05) is 0 Å². The minimum atomic E-state index is -2.51. The molecule has 19 nitrogen and oxygen atoms in total. The van der Waals surface area contributed by atoms with E-state index in [2.05, 4.69) is 0 Å². The first kappa shape index (κ1) is 37.3. The Morgan fingerprint density at radius 2 is 1.47 bits per heavy atom. The highest BCUT2D eigenvalue weighted by Gasteiger charge is 2.61. The Morgan fingerprint density at radius 1 is 0.830 bits per heavy atom. The summed E-state index contributed by atoms with van der Waals surface area (Å²) in [5.74, 6) is -3.62. The number of aromatic hydroxyl groups is 1. The van der Waals surface area contributed by atoms with Crippen molar-refractivity contribution in [2.75, 3.05) is 33.5 Å². The number of methoxy groups -OCH3 is 1. The van der Waals surface area contributed by atoms with Crippen LogP contribution in [0, 0.1) is 0 Å². The lowest BCUT2D eigenvalue weighted by Crippen LogP contribution is -2.66. The molecule has 1 aromatic carbocycles. The Morgan fingerprint density at radius 3 is 2.09 bits per heavy atom. The molecule has 3 fully saturated rings. The van der Waals surface area contributed by atoms with Gasteiger partial charge in [0.25, 0.3) is 0 Å². The van der Waals surface area contributed by atoms with E-state index < -0.39 is 118 Å². The molecule has 266 valence electrons. The average Bonchev–Trinajstić information content (AvgIpc) is 3.33. The SMILES string of the molecule is COc1cc(C=CC(=O)O[C@H]2[C@H](O)[C@@H](CO)O[C@@]2(CO)O[C@H]2O[C@H](CO)[C@@H](O[C@@H]3O[C@H](CO)[C@@H](O)[C@H](O)[C@H]3O)[C@H](O)[C@H]2O)ccc1O. The zero-order chi connectivity index (χ0) is 34.6. The van der Waals surface area contributed by atoms with Crippen molar-refractivity contribution in [3.63, 3.8) is 0 Å². The molecule has 19 heteroatoms. The molecular weight excluding hydrogens is 640 g/mol. The third-order valence-corrected chi connectivity index (χ3v) is 8.01. The van der Waals surface area contributed by atoms with Gasteiger partial charge in [-0.3, -0.25) is 0 Å². The molecule has 0 unspecified atom stereocenters. The van der Waals surface area contributed by atoms with Crippen LogP contribution in [0.4, 0.5) is 0 Å². The summed E-state index contributed by atoms with van der Waals surface area (Å²) in [7, 11) is 1.33.